The van der Waals surface area contributed by atoms with Crippen LogP contribution in [0.2, 0.25) is 0 Å². The van der Waals surface area contributed by atoms with Crippen LogP contribution in [-0.2, 0) is 25.7 Å². The van der Waals surface area contributed by atoms with Crippen molar-refractivity contribution in [3.63, 3.8) is 0 Å². The summed E-state index contributed by atoms with van der Waals surface area (Å²) in [5, 5.41) is 8.99. The fraction of sp³-hybridized carbons (Fsp3) is 0.469. The molecule has 0 aliphatic carbocycles. The molecule has 7 nitrogen and oxygen atoms in total. The Labute approximate surface area is 239 Å². The molecule has 0 spiro atoms. The summed E-state index contributed by atoms with van der Waals surface area (Å²) < 4.78 is 33.6. The Bertz CT molecular complexity index is 1420. The van der Waals surface area contributed by atoms with Crippen molar-refractivity contribution in [1.29, 1.82) is 0 Å². The summed E-state index contributed by atoms with van der Waals surface area (Å²) in [7, 11) is -4.33. The summed E-state index contributed by atoms with van der Waals surface area (Å²) in [6.45, 7) is 12.6. The van der Waals surface area contributed by atoms with E-state index < -0.39 is 21.5 Å². The molecule has 0 amide bonds. The van der Waals surface area contributed by atoms with E-state index in [0.29, 0.717) is 13.0 Å². The molecule has 0 bridgehead atoms. The summed E-state index contributed by atoms with van der Waals surface area (Å²) in [6.07, 6.45) is 9.96. The predicted molar refractivity (Wildman–Crippen MR) is 161 cm³/mol. The molecule has 0 saturated heterocycles. The van der Waals surface area contributed by atoms with Gasteiger partial charge in [0.15, 0.2) is 0 Å². The van der Waals surface area contributed by atoms with Crippen LogP contribution in [0, 0.1) is 0 Å². The van der Waals surface area contributed by atoms with Gasteiger partial charge in [0.1, 0.15) is 0 Å². The highest BCUT2D eigenvalue weighted by Gasteiger charge is 2.44. The Balaban J connectivity index is 1.68. The molecule has 2 aliphatic rings. The summed E-state index contributed by atoms with van der Waals surface area (Å²) in [4.78, 5) is 15.5. The van der Waals surface area contributed by atoms with E-state index in [-0.39, 0.29) is 22.8 Å². The Kier molecular flexibility index (Phi) is 8.52. The Morgan fingerprint density at radius 1 is 0.975 bits per heavy atom. The van der Waals surface area contributed by atoms with Crippen LogP contribution in [0.5, 0.6) is 0 Å². The second-order valence-corrected chi connectivity index (χ2v) is 13.4. The van der Waals surface area contributed by atoms with E-state index in [4.69, 9.17) is 5.11 Å². The number of para-hydroxylation sites is 1. The molecule has 0 saturated carbocycles. The average Bonchev–Trinajstić information content (AvgIpc) is 3.22. The summed E-state index contributed by atoms with van der Waals surface area (Å²) in [5.41, 5.74) is 5.06. The zero-order valence-corrected chi connectivity index (χ0v) is 25.0. The molecule has 8 heteroatoms. The quantitative estimate of drug-likeness (QED) is 0.231. The number of anilines is 2. The van der Waals surface area contributed by atoms with E-state index >= 15 is 0 Å². The molecule has 2 N–H and O–H groups in total. The fourth-order valence-corrected chi connectivity index (χ4v) is 6.84. The number of nitrogens with zero attached hydrogens (tertiary/aromatic N) is 2. The van der Waals surface area contributed by atoms with Gasteiger partial charge < -0.3 is 14.9 Å². The van der Waals surface area contributed by atoms with Gasteiger partial charge in [0.25, 0.3) is 10.1 Å². The lowest BCUT2D eigenvalue weighted by atomic mass is 9.80. The minimum atomic E-state index is -4.33. The Morgan fingerprint density at radius 2 is 1.70 bits per heavy atom. The first-order valence-electron chi connectivity index (χ1n) is 14.2. The first-order valence-corrected chi connectivity index (χ1v) is 15.6. The first-order chi connectivity index (χ1) is 18.8. The van der Waals surface area contributed by atoms with Crippen molar-refractivity contribution in [2.75, 3.05) is 22.9 Å². The Morgan fingerprint density at radius 3 is 2.38 bits per heavy atom. The number of unbranched alkanes of at least 4 members (excludes halogenated alkanes) is 2. The molecule has 2 aromatic carbocycles. The average molecular weight is 567 g/mol. The van der Waals surface area contributed by atoms with E-state index in [1.165, 1.54) is 23.0 Å². The molecule has 40 heavy (non-hydrogen) atoms. The third kappa shape index (κ3) is 5.70. The highest BCUT2D eigenvalue weighted by atomic mass is 32.2. The van der Waals surface area contributed by atoms with Crippen molar-refractivity contribution >= 4 is 27.5 Å². The fourth-order valence-electron chi connectivity index (χ4n) is 6.34. The molecular formula is C32H42N2O5S. The zero-order valence-electron chi connectivity index (χ0n) is 24.2. The monoisotopic (exact) mass is 566 g/mol. The van der Waals surface area contributed by atoms with E-state index in [1.54, 1.807) is 12.1 Å². The van der Waals surface area contributed by atoms with Crippen LogP contribution >= 0.6 is 0 Å². The van der Waals surface area contributed by atoms with Crippen LogP contribution in [-0.4, -0.2) is 43.2 Å². The number of carbonyl (C=O) groups is 1. The van der Waals surface area contributed by atoms with Crippen molar-refractivity contribution < 1.29 is 22.9 Å². The molecule has 1 atom stereocenters. The molecule has 0 fully saturated rings. The van der Waals surface area contributed by atoms with E-state index in [0.717, 1.165) is 37.1 Å². The second kappa shape index (κ2) is 11.4. The zero-order chi connectivity index (χ0) is 29.3. The van der Waals surface area contributed by atoms with E-state index in [9.17, 15) is 17.8 Å². The summed E-state index contributed by atoms with van der Waals surface area (Å²) >= 11 is 0. The molecular weight excluding hydrogens is 524 g/mol. The lowest BCUT2D eigenvalue weighted by molar-refractivity contribution is -0.137. The standard InChI is InChI=1S/C32H42N2O5S/c1-6-20-33-26-14-10-9-13-24(26)31(2,3)28(33)15-12-16-29-32(4,5)25-22-23(40(37,38)39)18-19-27(25)34(29)21-11-7-8-17-30(35)36/h9-10,12-16,18-19,22,29H,6-8,11,17,20-21H2,1-5H3,(H,35,36)(H,37,38,39). The van der Waals surface area contributed by atoms with Gasteiger partial charge in [0.2, 0.25) is 0 Å². The van der Waals surface area contributed by atoms with Crippen LogP contribution in [0.15, 0.2) is 71.3 Å². The maximum Gasteiger partial charge on any atom is 0.303 e. The highest BCUT2D eigenvalue weighted by Crippen LogP contribution is 2.49. The first kappa shape index (κ1) is 29.9. The van der Waals surface area contributed by atoms with Crippen LogP contribution < -0.4 is 9.80 Å². The summed E-state index contributed by atoms with van der Waals surface area (Å²) in [5.74, 6) is -0.784. The maximum atomic E-state index is 11.9. The minimum Gasteiger partial charge on any atom is -0.481 e. The molecule has 0 aromatic heterocycles. The van der Waals surface area contributed by atoms with Gasteiger partial charge in [-0.3, -0.25) is 9.35 Å². The molecule has 1 unspecified atom stereocenters. The molecule has 0 radical (unpaired) electrons. The van der Waals surface area contributed by atoms with Gasteiger partial charge in [-0.05, 0) is 60.7 Å². The number of hydrogen-bond acceptors (Lipinski definition) is 5. The van der Waals surface area contributed by atoms with Crippen molar-refractivity contribution in [1.82, 2.24) is 0 Å². The van der Waals surface area contributed by atoms with Gasteiger partial charge in [0, 0.05) is 47.4 Å². The van der Waals surface area contributed by atoms with Crippen molar-refractivity contribution in [2.24, 2.45) is 0 Å². The normalized spacial score (nSPS) is 20.4. The number of rotatable bonds is 11. The molecule has 216 valence electrons. The van der Waals surface area contributed by atoms with Gasteiger partial charge in [0.05, 0.1) is 10.9 Å². The molecule has 2 aliphatic heterocycles. The number of fused-ring (bicyclic) bond motifs is 2. The molecule has 2 aromatic rings. The van der Waals surface area contributed by atoms with Crippen LogP contribution in [0.1, 0.15) is 77.8 Å². The minimum absolute atomic E-state index is 0.0537. The lowest BCUT2D eigenvalue weighted by Gasteiger charge is -2.32. The Hall–Kier alpha value is -3.10. The van der Waals surface area contributed by atoms with Gasteiger partial charge >= 0.3 is 5.97 Å². The van der Waals surface area contributed by atoms with Crippen molar-refractivity contribution in [3.05, 3.63) is 77.5 Å². The maximum absolute atomic E-state index is 11.9. The highest BCUT2D eigenvalue weighted by molar-refractivity contribution is 7.85. The number of carboxylic acid groups (broad SMARTS) is 1. The van der Waals surface area contributed by atoms with Crippen molar-refractivity contribution in [2.45, 2.75) is 88.5 Å². The third-order valence-electron chi connectivity index (χ3n) is 8.43. The third-order valence-corrected chi connectivity index (χ3v) is 9.28. The van der Waals surface area contributed by atoms with Crippen LogP contribution in [0.25, 0.3) is 0 Å². The predicted octanol–water partition coefficient (Wildman–Crippen LogP) is 6.69. The SMILES string of the molecule is CCCN1C(=CC=CC2N(CCCCCC(=O)O)c3ccc(S(=O)(=O)O)cc3C2(C)C)C(C)(C)c2ccccc21. The number of allylic oxidation sites excluding steroid dienone is 3. The van der Waals surface area contributed by atoms with Crippen molar-refractivity contribution in [3.8, 4) is 0 Å². The van der Waals surface area contributed by atoms with Gasteiger partial charge in [-0.2, -0.15) is 8.42 Å². The van der Waals surface area contributed by atoms with Gasteiger partial charge in [-0.25, -0.2) is 0 Å². The van der Waals surface area contributed by atoms with Crippen LogP contribution in [0.3, 0.4) is 0 Å². The topological polar surface area (TPSA) is 98.2 Å². The second-order valence-electron chi connectivity index (χ2n) is 11.9. The van der Waals surface area contributed by atoms with Crippen LogP contribution in [0.4, 0.5) is 11.4 Å². The van der Waals surface area contributed by atoms with E-state index in [2.05, 4.69) is 86.9 Å². The van der Waals surface area contributed by atoms with Gasteiger partial charge in [-0.1, -0.05) is 71.4 Å². The number of carboxylic acids is 1. The number of hydrogen-bond donors (Lipinski definition) is 2. The largest absolute Gasteiger partial charge is 0.481 e. The lowest BCUT2D eigenvalue weighted by Crippen LogP contribution is -2.40. The number of benzene rings is 2. The van der Waals surface area contributed by atoms with Gasteiger partial charge in [-0.15, -0.1) is 0 Å². The smallest absolute Gasteiger partial charge is 0.303 e. The summed E-state index contributed by atoms with van der Waals surface area (Å²) in [6, 6.07) is 13.3. The molecule has 4 rings (SSSR count). The number of aliphatic carboxylic acids is 1. The van der Waals surface area contributed by atoms with E-state index in [1.807, 2.05) is 0 Å². The molecule has 2 heterocycles.